The largest absolute Gasteiger partial charge is 0.309 e. The van der Waals surface area contributed by atoms with Crippen molar-refractivity contribution < 1.29 is 4.79 Å². The summed E-state index contributed by atoms with van der Waals surface area (Å²) in [5.74, 6) is 0.0109. The molecule has 0 aliphatic carbocycles. The van der Waals surface area contributed by atoms with Crippen molar-refractivity contribution in [3.05, 3.63) is 29.3 Å². The number of carbonyl (C=O) groups excluding carboxylic acids is 1. The van der Waals surface area contributed by atoms with Gasteiger partial charge in [0.15, 0.2) is 0 Å². The quantitative estimate of drug-likeness (QED) is 0.898. The maximum absolute atomic E-state index is 12.4. The fraction of sp³-hybridized carbons (Fsp3) is 0.467. The van der Waals surface area contributed by atoms with Crippen molar-refractivity contribution in [2.75, 3.05) is 18.0 Å². The van der Waals surface area contributed by atoms with Gasteiger partial charge in [0.2, 0.25) is 5.91 Å². The monoisotopic (exact) mass is 257 g/mol. The number of para-hydroxylation sites is 1. The first-order valence-corrected chi connectivity index (χ1v) is 6.69. The zero-order chi connectivity index (χ0) is 13.8. The molecule has 0 bridgehead atoms. The van der Waals surface area contributed by atoms with Crippen LogP contribution in [0.5, 0.6) is 0 Å². The highest BCUT2D eigenvalue weighted by atomic mass is 16.2. The van der Waals surface area contributed by atoms with Crippen molar-refractivity contribution in [3.63, 3.8) is 0 Å². The van der Waals surface area contributed by atoms with Gasteiger partial charge in [0.1, 0.15) is 6.04 Å². The normalized spacial score (nSPS) is 19.3. The van der Waals surface area contributed by atoms with Crippen LogP contribution in [0.1, 0.15) is 24.5 Å². The van der Waals surface area contributed by atoms with Gasteiger partial charge in [0.05, 0.1) is 12.5 Å². The van der Waals surface area contributed by atoms with Crippen LogP contribution in [0.4, 0.5) is 5.69 Å². The predicted octanol–water partition coefficient (Wildman–Crippen LogP) is 1.78. The van der Waals surface area contributed by atoms with Gasteiger partial charge in [-0.25, -0.2) is 0 Å². The van der Waals surface area contributed by atoms with Crippen LogP contribution in [0, 0.1) is 18.3 Å². The minimum absolute atomic E-state index is 0.0109. The van der Waals surface area contributed by atoms with Crippen LogP contribution in [-0.2, 0) is 11.2 Å². The highest BCUT2D eigenvalue weighted by Crippen LogP contribution is 2.27. The lowest BCUT2D eigenvalue weighted by Gasteiger charge is -2.34. The second kappa shape index (κ2) is 5.85. The molecule has 4 heteroatoms. The third-order valence-electron chi connectivity index (χ3n) is 3.56. The Morgan fingerprint density at radius 1 is 1.53 bits per heavy atom. The molecule has 4 nitrogen and oxygen atoms in total. The fourth-order valence-electron chi connectivity index (χ4n) is 2.60. The van der Waals surface area contributed by atoms with Crippen molar-refractivity contribution in [2.45, 2.75) is 32.7 Å². The zero-order valence-electron chi connectivity index (χ0n) is 11.4. The molecule has 1 saturated heterocycles. The highest BCUT2D eigenvalue weighted by molar-refractivity contribution is 5.99. The molecule has 1 unspecified atom stereocenters. The molecule has 0 saturated carbocycles. The van der Waals surface area contributed by atoms with Crippen molar-refractivity contribution in [1.29, 1.82) is 5.26 Å². The molecule has 0 spiro atoms. The molecule has 100 valence electrons. The molecule has 2 rings (SSSR count). The molecule has 1 heterocycles. The lowest BCUT2D eigenvalue weighted by atomic mass is 10.0. The van der Waals surface area contributed by atoms with Gasteiger partial charge in [-0.1, -0.05) is 25.1 Å². The van der Waals surface area contributed by atoms with E-state index in [1.54, 1.807) is 0 Å². The Morgan fingerprint density at radius 2 is 2.32 bits per heavy atom. The molecule has 1 amide bonds. The lowest BCUT2D eigenvalue weighted by Crippen LogP contribution is -2.55. The molecule has 1 atom stereocenters. The van der Waals surface area contributed by atoms with E-state index in [2.05, 4.69) is 24.4 Å². The van der Waals surface area contributed by atoms with Crippen LogP contribution in [0.2, 0.25) is 0 Å². The van der Waals surface area contributed by atoms with Gasteiger partial charge in [0.25, 0.3) is 0 Å². The number of benzene rings is 1. The predicted molar refractivity (Wildman–Crippen MR) is 74.9 cm³/mol. The van der Waals surface area contributed by atoms with E-state index >= 15 is 0 Å². The minimum Gasteiger partial charge on any atom is -0.309 e. The zero-order valence-corrected chi connectivity index (χ0v) is 11.4. The maximum Gasteiger partial charge on any atom is 0.245 e. The smallest absolute Gasteiger partial charge is 0.245 e. The number of hydrogen-bond donors (Lipinski definition) is 1. The Kier molecular flexibility index (Phi) is 4.18. The van der Waals surface area contributed by atoms with E-state index in [0.717, 1.165) is 24.2 Å². The number of anilines is 1. The molecule has 1 fully saturated rings. The van der Waals surface area contributed by atoms with E-state index in [1.807, 2.05) is 24.0 Å². The van der Waals surface area contributed by atoms with Gasteiger partial charge in [-0.3, -0.25) is 4.79 Å². The molecular weight excluding hydrogens is 238 g/mol. The number of aryl methyl sites for hydroxylation is 2. The van der Waals surface area contributed by atoms with E-state index in [9.17, 15) is 4.79 Å². The Hall–Kier alpha value is -1.86. The van der Waals surface area contributed by atoms with Crippen LogP contribution in [0.3, 0.4) is 0 Å². The molecule has 1 aliphatic heterocycles. The average molecular weight is 257 g/mol. The summed E-state index contributed by atoms with van der Waals surface area (Å²) in [4.78, 5) is 14.3. The SMILES string of the molecule is CCc1cccc(C)c1N1CCNC(CC#N)C1=O. The third kappa shape index (κ3) is 2.61. The van der Waals surface area contributed by atoms with Gasteiger partial charge >= 0.3 is 0 Å². The number of amides is 1. The Balaban J connectivity index is 2.36. The summed E-state index contributed by atoms with van der Waals surface area (Å²) in [5.41, 5.74) is 3.33. The van der Waals surface area contributed by atoms with E-state index in [0.29, 0.717) is 6.54 Å². The number of nitriles is 1. The van der Waals surface area contributed by atoms with Gasteiger partial charge in [-0.05, 0) is 24.5 Å². The number of carbonyl (C=O) groups is 1. The second-order valence-electron chi connectivity index (χ2n) is 4.80. The summed E-state index contributed by atoms with van der Waals surface area (Å²) < 4.78 is 0. The third-order valence-corrected chi connectivity index (χ3v) is 3.56. The van der Waals surface area contributed by atoms with E-state index in [4.69, 9.17) is 5.26 Å². The fourth-order valence-corrected chi connectivity index (χ4v) is 2.60. The molecule has 0 aromatic heterocycles. The summed E-state index contributed by atoms with van der Waals surface area (Å²) in [5, 5.41) is 11.9. The molecular formula is C15H19N3O. The number of piperazine rings is 1. The molecule has 1 aromatic carbocycles. The molecule has 1 aliphatic rings. The van der Waals surface area contributed by atoms with Gasteiger partial charge in [0, 0.05) is 18.8 Å². The molecule has 19 heavy (non-hydrogen) atoms. The number of hydrogen-bond acceptors (Lipinski definition) is 3. The lowest BCUT2D eigenvalue weighted by molar-refractivity contribution is -0.121. The topological polar surface area (TPSA) is 56.1 Å². The van der Waals surface area contributed by atoms with Crippen LogP contribution < -0.4 is 10.2 Å². The summed E-state index contributed by atoms with van der Waals surface area (Å²) in [6.45, 7) is 5.52. The number of rotatable bonds is 3. The highest BCUT2D eigenvalue weighted by Gasteiger charge is 2.30. The van der Waals surface area contributed by atoms with Crippen LogP contribution in [0.25, 0.3) is 0 Å². The second-order valence-corrected chi connectivity index (χ2v) is 4.80. The Bertz CT molecular complexity index is 519. The first kappa shape index (κ1) is 13.6. The standard InChI is InChI=1S/C15H19N3O/c1-3-12-6-4-5-11(2)14(12)18-10-9-17-13(7-8-16)15(18)19/h4-6,13,17H,3,7,9-10H2,1-2H3. The van der Waals surface area contributed by atoms with Gasteiger partial charge in [-0.2, -0.15) is 5.26 Å². The molecule has 1 aromatic rings. The van der Waals surface area contributed by atoms with Crippen molar-refractivity contribution in [2.24, 2.45) is 0 Å². The van der Waals surface area contributed by atoms with Crippen LogP contribution in [-0.4, -0.2) is 25.0 Å². The molecule has 0 radical (unpaired) electrons. The van der Waals surface area contributed by atoms with Crippen molar-refractivity contribution in [1.82, 2.24) is 5.32 Å². The van der Waals surface area contributed by atoms with E-state index in [-0.39, 0.29) is 18.4 Å². The summed E-state index contributed by atoms with van der Waals surface area (Å²) in [6.07, 6.45) is 1.12. The van der Waals surface area contributed by atoms with Crippen molar-refractivity contribution >= 4 is 11.6 Å². The Labute approximate surface area is 114 Å². The average Bonchev–Trinajstić information content (AvgIpc) is 2.41. The summed E-state index contributed by atoms with van der Waals surface area (Å²) in [6, 6.07) is 7.82. The van der Waals surface area contributed by atoms with Gasteiger partial charge in [-0.15, -0.1) is 0 Å². The Morgan fingerprint density at radius 3 is 3.00 bits per heavy atom. The first-order chi connectivity index (χ1) is 9.19. The van der Waals surface area contributed by atoms with E-state index < -0.39 is 0 Å². The number of nitrogens with one attached hydrogen (secondary N) is 1. The van der Waals surface area contributed by atoms with Crippen molar-refractivity contribution in [3.8, 4) is 6.07 Å². The first-order valence-electron chi connectivity index (χ1n) is 6.69. The minimum atomic E-state index is -0.372. The summed E-state index contributed by atoms with van der Waals surface area (Å²) in [7, 11) is 0. The number of nitrogens with zero attached hydrogens (tertiary/aromatic N) is 2. The maximum atomic E-state index is 12.4. The van der Waals surface area contributed by atoms with Gasteiger partial charge < -0.3 is 10.2 Å². The summed E-state index contributed by atoms with van der Waals surface area (Å²) >= 11 is 0. The van der Waals surface area contributed by atoms with E-state index in [1.165, 1.54) is 5.56 Å². The van der Waals surface area contributed by atoms with Crippen LogP contribution >= 0.6 is 0 Å². The molecule has 1 N–H and O–H groups in total. The van der Waals surface area contributed by atoms with Crippen LogP contribution in [0.15, 0.2) is 18.2 Å².